The van der Waals surface area contributed by atoms with Crippen molar-refractivity contribution in [3.63, 3.8) is 0 Å². The maximum Gasteiger partial charge on any atom is 0.108 e. The molecule has 0 N–H and O–H groups in total. The van der Waals surface area contributed by atoms with Crippen molar-refractivity contribution in [3.05, 3.63) is 11.5 Å². The summed E-state index contributed by atoms with van der Waals surface area (Å²) in [7, 11) is 0. The Hall–Kier alpha value is 0.530. The van der Waals surface area contributed by atoms with Crippen LogP contribution in [0.1, 0.15) is 0 Å². The summed E-state index contributed by atoms with van der Waals surface area (Å²) in [6.07, 6.45) is 2.12. The van der Waals surface area contributed by atoms with E-state index < -0.39 is 0 Å². The molecule has 0 unspecified atom stereocenters. The summed E-state index contributed by atoms with van der Waals surface area (Å²) < 4.78 is 1.04. The molecule has 38 valence electrons. The van der Waals surface area contributed by atoms with Gasteiger partial charge < -0.3 is 0 Å². The Balaban J connectivity index is 2.47. The predicted molar refractivity (Wildman–Crippen MR) is 41.8 cm³/mol. The number of thioether (sulfide) groups is 2. The molecule has 0 fully saturated rings. The molecule has 0 spiro atoms. The summed E-state index contributed by atoms with van der Waals surface area (Å²) in [5, 5.41) is 2.04. The van der Waals surface area contributed by atoms with Gasteiger partial charge in [-0.15, -0.1) is 11.8 Å². The van der Waals surface area contributed by atoms with Gasteiger partial charge in [0.05, 0.1) is 0 Å². The highest BCUT2D eigenvalue weighted by Gasteiger charge is 1.97. The SMILES string of the molecule is S=C1SC=CCS1. The number of rotatable bonds is 0. The van der Waals surface area contributed by atoms with Gasteiger partial charge in [0.15, 0.2) is 0 Å². The first-order chi connectivity index (χ1) is 3.39. The minimum absolute atomic E-state index is 1.04. The summed E-state index contributed by atoms with van der Waals surface area (Å²) in [5.74, 6) is 1.06. The highest BCUT2D eigenvalue weighted by atomic mass is 32.2. The van der Waals surface area contributed by atoms with Crippen molar-refractivity contribution >= 4 is 39.3 Å². The van der Waals surface area contributed by atoms with Crippen molar-refractivity contribution in [1.29, 1.82) is 0 Å². The molecule has 0 saturated heterocycles. The third-order valence-corrected chi connectivity index (χ3v) is 2.96. The smallest absolute Gasteiger partial charge is 0.103 e. The van der Waals surface area contributed by atoms with E-state index in [2.05, 4.69) is 6.08 Å². The van der Waals surface area contributed by atoms with Crippen LogP contribution in [0, 0.1) is 0 Å². The van der Waals surface area contributed by atoms with Crippen molar-refractivity contribution in [2.75, 3.05) is 5.75 Å². The van der Waals surface area contributed by atoms with E-state index >= 15 is 0 Å². The molecule has 1 aliphatic rings. The quantitative estimate of drug-likeness (QED) is 0.484. The van der Waals surface area contributed by atoms with Gasteiger partial charge in [-0.1, -0.05) is 30.1 Å². The van der Waals surface area contributed by atoms with Crippen LogP contribution in [0.3, 0.4) is 0 Å². The fraction of sp³-hybridized carbons (Fsp3) is 0.250. The van der Waals surface area contributed by atoms with Crippen LogP contribution in [0.25, 0.3) is 0 Å². The first-order valence-corrected chi connectivity index (χ1v) is 4.15. The lowest BCUT2D eigenvalue weighted by molar-refractivity contribution is 1.82. The standard InChI is InChI=1S/C4H4S3/c5-4-6-2-1-3-7-4/h1-2H,3H2. The molecule has 1 heterocycles. The Bertz CT molecular complexity index is 106. The normalized spacial score (nSPS) is 20.3. The molecule has 1 rings (SSSR count). The van der Waals surface area contributed by atoms with Crippen LogP contribution in [-0.4, -0.2) is 9.28 Å². The zero-order valence-corrected chi connectivity index (χ0v) is 6.04. The first-order valence-electron chi connectivity index (χ1n) is 1.88. The minimum atomic E-state index is 1.04. The highest BCUT2D eigenvalue weighted by molar-refractivity contribution is 8.48. The monoisotopic (exact) mass is 148 g/mol. The molecular weight excluding hydrogens is 144 g/mol. The summed E-state index contributed by atoms with van der Waals surface area (Å²) in [6, 6.07) is 0. The molecule has 0 aromatic rings. The summed E-state index contributed by atoms with van der Waals surface area (Å²) in [5.41, 5.74) is 0. The van der Waals surface area contributed by atoms with Gasteiger partial charge in [-0.05, 0) is 5.41 Å². The third kappa shape index (κ3) is 1.84. The maximum absolute atomic E-state index is 4.88. The van der Waals surface area contributed by atoms with Crippen LogP contribution in [0.15, 0.2) is 11.5 Å². The second kappa shape index (κ2) is 2.74. The Morgan fingerprint density at radius 3 is 2.86 bits per heavy atom. The van der Waals surface area contributed by atoms with Gasteiger partial charge >= 0.3 is 0 Å². The second-order valence-corrected chi connectivity index (χ2v) is 4.18. The van der Waals surface area contributed by atoms with Gasteiger partial charge in [0, 0.05) is 5.75 Å². The fourth-order valence-corrected chi connectivity index (χ4v) is 2.06. The molecule has 0 aromatic heterocycles. The highest BCUT2D eigenvalue weighted by Crippen LogP contribution is 2.22. The Kier molecular flexibility index (Phi) is 2.22. The molecule has 0 atom stereocenters. The summed E-state index contributed by atoms with van der Waals surface area (Å²) in [6.45, 7) is 0. The maximum atomic E-state index is 4.88. The van der Waals surface area contributed by atoms with Crippen LogP contribution < -0.4 is 0 Å². The molecule has 1 aliphatic heterocycles. The summed E-state index contributed by atoms with van der Waals surface area (Å²) in [4.78, 5) is 0. The molecule has 0 aromatic carbocycles. The minimum Gasteiger partial charge on any atom is -0.103 e. The van der Waals surface area contributed by atoms with Gasteiger partial charge in [0.2, 0.25) is 0 Å². The van der Waals surface area contributed by atoms with E-state index in [0.29, 0.717) is 0 Å². The van der Waals surface area contributed by atoms with Gasteiger partial charge in [-0.25, -0.2) is 0 Å². The van der Waals surface area contributed by atoms with E-state index in [0.717, 1.165) is 9.28 Å². The van der Waals surface area contributed by atoms with Gasteiger partial charge in [-0.2, -0.15) is 0 Å². The number of thiocarbonyl (C=S) groups is 1. The van der Waals surface area contributed by atoms with Crippen molar-refractivity contribution in [2.45, 2.75) is 0 Å². The average Bonchev–Trinajstić information content (AvgIpc) is 1.69. The van der Waals surface area contributed by atoms with Gasteiger partial charge in [-0.3, -0.25) is 0 Å². The topological polar surface area (TPSA) is 0 Å². The van der Waals surface area contributed by atoms with Crippen molar-refractivity contribution in [1.82, 2.24) is 0 Å². The lowest BCUT2D eigenvalue weighted by atomic mass is 10.8. The Labute approximate surface area is 56.7 Å². The Morgan fingerprint density at radius 2 is 2.57 bits per heavy atom. The number of hydrogen-bond acceptors (Lipinski definition) is 3. The van der Waals surface area contributed by atoms with E-state index in [4.69, 9.17) is 12.2 Å². The van der Waals surface area contributed by atoms with Gasteiger partial charge in [0.1, 0.15) is 3.53 Å². The van der Waals surface area contributed by atoms with Crippen LogP contribution in [0.5, 0.6) is 0 Å². The van der Waals surface area contributed by atoms with Crippen molar-refractivity contribution < 1.29 is 0 Å². The molecule has 0 amide bonds. The molecule has 3 heteroatoms. The predicted octanol–water partition coefficient (Wildman–Crippen LogP) is 2.27. The molecule has 7 heavy (non-hydrogen) atoms. The third-order valence-electron chi connectivity index (χ3n) is 0.558. The lowest BCUT2D eigenvalue weighted by Crippen LogP contribution is -1.83. The largest absolute Gasteiger partial charge is 0.108 e. The lowest BCUT2D eigenvalue weighted by Gasteiger charge is -1.99. The first kappa shape index (κ1) is 5.66. The molecule has 0 radical (unpaired) electrons. The molecule has 0 saturated carbocycles. The van der Waals surface area contributed by atoms with E-state index in [1.807, 2.05) is 5.41 Å². The fourth-order valence-electron chi connectivity index (χ4n) is 0.293. The van der Waals surface area contributed by atoms with Gasteiger partial charge in [0.25, 0.3) is 0 Å². The number of hydrogen-bond donors (Lipinski definition) is 0. The van der Waals surface area contributed by atoms with Crippen LogP contribution in [0.4, 0.5) is 0 Å². The second-order valence-electron chi connectivity index (χ2n) is 1.05. The van der Waals surface area contributed by atoms with Crippen molar-refractivity contribution in [2.24, 2.45) is 0 Å². The van der Waals surface area contributed by atoms with E-state index in [9.17, 15) is 0 Å². The Morgan fingerprint density at radius 1 is 1.71 bits per heavy atom. The zero-order chi connectivity index (χ0) is 5.11. The van der Waals surface area contributed by atoms with E-state index in [-0.39, 0.29) is 0 Å². The molecule has 0 nitrogen and oxygen atoms in total. The zero-order valence-electron chi connectivity index (χ0n) is 3.59. The van der Waals surface area contributed by atoms with E-state index in [1.54, 1.807) is 23.5 Å². The average molecular weight is 148 g/mol. The molecule has 0 aliphatic carbocycles. The molecular formula is C4H4S3. The van der Waals surface area contributed by atoms with Crippen LogP contribution in [0.2, 0.25) is 0 Å². The van der Waals surface area contributed by atoms with Crippen LogP contribution >= 0.6 is 35.7 Å². The molecule has 0 bridgehead atoms. The summed E-state index contributed by atoms with van der Waals surface area (Å²) >= 11 is 8.24. The van der Waals surface area contributed by atoms with Crippen molar-refractivity contribution in [3.8, 4) is 0 Å². The van der Waals surface area contributed by atoms with E-state index in [1.165, 1.54) is 0 Å². The van der Waals surface area contributed by atoms with Crippen LogP contribution in [-0.2, 0) is 0 Å².